The lowest BCUT2D eigenvalue weighted by molar-refractivity contribution is -0.137. The summed E-state index contributed by atoms with van der Waals surface area (Å²) < 4.78 is 18.6. The molecule has 0 radical (unpaired) electrons. The van der Waals surface area contributed by atoms with Gasteiger partial charge in [-0.1, -0.05) is 5.16 Å². The van der Waals surface area contributed by atoms with E-state index in [9.17, 15) is 9.18 Å². The van der Waals surface area contributed by atoms with E-state index in [2.05, 4.69) is 10.1 Å². The Balaban J connectivity index is 1.68. The largest absolute Gasteiger partial charge is 0.481 e. The summed E-state index contributed by atoms with van der Waals surface area (Å²) in [5, 5.41) is 13.6. The van der Waals surface area contributed by atoms with Gasteiger partial charge in [0.2, 0.25) is 0 Å². The van der Waals surface area contributed by atoms with Gasteiger partial charge in [0, 0.05) is 17.8 Å². The number of aliphatic carboxylic acids is 1. The van der Waals surface area contributed by atoms with Gasteiger partial charge in [0.1, 0.15) is 5.82 Å². The number of likely N-dealkylation sites (tertiary alicyclic amines) is 1. The van der Waals surface area contributed by atoms with Gasteiger partial charge in [-0.3, -0.25) is 4.79 Å². The van der Waals surface area contributed by atoms with Crippen LogP contribution in [0.5, 0.6) is 0 Å². The van der Waals surface area contributed by atoms with E-state index < -0.39 is 5.97 Å². The third-order valence-electron chi connectivity index (χ3n) is 4.08. The van der Waals surface area contributed by atoms with Crippen molar-refractivity contribution in [1.82, 2.24) is 10.1 Å². The highest BCUT2D eigenvalue weighted by Gasteiger charge is 2.25. The Kier molecular flexibility index (Phi) is 3.88. The summed E-state index contributed by atoms with van der Waals surface area (Å²) in [5.41, 5.74) is 1.43. The van der Waals surface area contributed by atoms with E-state index >= 15 is 0 Å². The van der Waals surface area contributed by atoms with Gasteiger partial charge in [0.25, 0.3) is 0 Å². The molecule has 0 bridgehead atoms. The zero-order chi connectivity index (χ0) is 14.8. The molecule has 1 fully saturated rings. The molecule has 0 unspecified atom stereocenters. The number of hydrogen-bond acceptors (Lipinski definition) is 4. The van der Waals surface area contributed by atoms with Crippen LogP contribution in [0.15, 0.2) is 22.7 Å². The van der Waals surface area contributed by atoms with Crippen molar-refractivity contribution in [3.8, 4) is 0 Å². The zero-order valence-electron chi connectivity index (χ0n) is 11.6. The molecule has 3 rings (SSSR count). The van der Waals surface area contributed by atoms with Gasteiger partial charge in [-0.05, 0) is 44.1 Å². The Morgan fingerprint density at radius 1 is 1.43 bits per heavy atom. The molecule has 0 aliphatic carbocycles. The third kappa shape index (κ3) is 3.05. The van der Waals surface area contributed by atoms with Crippen LogP contribution in [0.2, 0.25) is 0 Å². The number of aromatic nitrogens is 1. The second-order valence-electron chi connectivity index (χ2n) is 5.47. The molecule has 2 aromatic rings. The van der Waals surface area contributed by atoms with Crippen LogP contribution in [0, 0.1) is 5.82 Å². The Hall–Kier alpha value is -1.95. The number of nitrogens with zero attached hydrogens (tertiary/aromatic N) is 2. The number of rotatable bonds is 4. The molecule has 0 amide bonds. The van der Waals surface area contributed by atoms with Gasteiger partial charge < -0.3 is 14.5 Å². The number of carboxylic acid groups (broad SMARTS) is 1. The molecule has 0 saturated carbocycles. The van der Waals surface area contributed by atoms with Crippen molar-refractivity contribution in [2.24, 2.45) is 0 Å². The minimum atomic E-state index is -0.768. The van der Waals surface area contributed by atoms with E-state index in [-0.39, 0.29) is 18.2 Å². The number of carbonyl (C=O) groups is 1. The summed E-state index contributed by atoms with van der Waals surface area (Å²) >= 11 is 0. The highest BCUT2D eigenvalue weighted by atomic mass is 19.1. The number of halogens is 1. The molecule has 21 heavy (non-hydrogen) atoms. The average Bonchev–Trinajstić information content (AvgIpc) is 2.88. The molecule has 1 aromatic carbocycles. The third-order valence-corrected chi connectivity index (χ3v) is 4.08. The van der Waals surface area contributed by atoms with E-state index in [0.29, 0.717) is 12.1 Å². The maximum Gasteiger partial charge on any atom is 0.304 e. The van der Waals surface area contributed by atoms with E-state index in [1.165, 1.54) is 12.1 Å². The molecule has 1 saturated heterocycles. The molecule has 1 aliphatic rings. The van der Waals surface area contributed by atoms with Crippen molar-refractivity contribution < 1.29 is 18.8 Å². The number of piperidine rings is 1. The Labute approximate surface area is 121 Å². The van der Waals surface area contributed by atoms with Crippen LogP contribution < -0.4 is 0 Å². The van der Waals surface area contributed by atoms with Crippen LogP contribution >= 0.6 is 0 Å². The fraction of sp³-hybridized carbons (Fsp3) is 0.467. The number of hydrogen-bond donors (Lipinski definition) is 1. The highest BCUT2D eigenvalue weighted by molar-refractivity contribution is 5.79. The molecule has 6 heteroatoms. The fourth-order valence-corrected chi connectivity index (χ4v) is 2.91. The van der Waals surface area contributed by atoms with Crippen LogP contribution in [-0.4, -0.2) is 40.8 Å². The van der Waals surface area contributed by atoms with E-state index in [4.69, 9.17) is 9.63 Å². The lowest BCUT2D eigenvalue weighted by Gasteiger charge is -2.30. The van der Waals surface area contributed by atoms with Crippen LogP contribution in [0.25, 0.3) is 11.0 Å². The average molecular weight is 292 g/mol. The Morgan fingerprint density at radius 3 is 2.90 bits per heavy atom. The zero-order valence-corrected chi connectivity index (χ0v) is 11.6. The second kappa shape index (κ2) is 5.81. The minimum absolute atomic E-state index is 0.169. The lowest BCUT2D eigenvalue weighted by atomic mass is 9.91. The van der Waals surface area contributed by atoms with E-state index in [1.807, 2.05) is 0 Å². The Bertz CT molecular complexity index is 647. The van der Waals surface area contributed by atoms with Gasteiger partial charge in [-0.2, -0.15) is 0 Å². The predicted octanol–water partition coefficient (Wildman–Crippen LogP) is 2.62. The summed E-state index contributed by atoms with van der Waals surface area (Å²) in [4.78, 5) is 12.7. The SMILES string of the molecule is O=C(O)CCN1CCC(c2noc3ccc(F)cc23)CC1. The van der Waals surface area contributed by atoms with Crippen LogP contribution in [0.4, 0.5) is 4.39 Å². The molecule has 0 atom stereocenters. The normalized spacial score (nSPS) is 17.4. The molecular formula is C15H17FN2O3. The molecule has 2 heterocycles. The first kappa shape index (κ1) is 14.0. The molecule has 1 aromatic heterocycles. The van der Waals surface area contributed by atoms with Crippen molar-refractivity contribution in [2.75, 3.05) is 19.6 Å². The molecule has 0 spiro atoms. The number of benzene rings is 1. The fourth-order valence-electron chi connectivity index (χ4n) is 2.91. The predicted molar refractivity (Wildman–Crippen MR) is 74.6 cm³/mol. The second-order valence-corrected chi connectivity index (χ2v) is 5.47. The summed E-state index contributed by atoms with van der Waals surface area (Å²) in [6.07, 6.45) is 1.94. The summed E-state index contributed by atoms with van der Waals surface area (Å²) in [6, 6.07) is 4.44. The first-order chi connectivity index (χ1) is 10.1. The van der Waals surface area contributed by atoms with Crippen LogP contribution in [0.1, 0.15) is 30.9 Å². The van der Waals surface area contributed by atoms with Crippen molar-refractivity contribution in [3.63, 3.8) is 0 Å². The monoisotopic (exact) mass is 292 g/mol. The van der Waals surface area contributed by atoms with E-state index in [1.54, 1.807) is 6.07 Å². The lowest BCUT2D eigenvalue weighted by Crippen LogP contribution is -2.34. The molecule has 1 aliphatic heterocycles. The highest BCUT2D eigenvalue weighted by Crippen LogP contribution is 2.32. The molecular weight excluding hydrogens is 275 g/mol. The van der Waals surface area contributed by atoms with Crippen molar-refractivity contribution in [3.05, 3.63) is 29.7 Å². The molecule has 1 N–H and O–H groups in total. The van der Waals surface area contributed by atoms with Gasteiger partial charge in [-0.25, -0.2) is 4.39 Å². The summed E-state index contributed by atoms with van der Waals surface area (Å²) in [5.74, 6) is -0.810. The topological polar surface area (TPSA) is 66.6 Å². The van der Waals surface area contributed by atoms with Gasteiger partial charge >= 0.3 is 5.97 Å². The first-order valence-electron chi connectivity index (χ1n) is 7.12. The van der Waals surface area contributed by atoms with Crippen LogP contribution in [-0.2, 0) is 4.79 Å². The molecule has 5 nitrogen and oxygen atoms in total. The number of carboxylic acids is 1. The standard InChI is InChI=1S/C15H17FN2O3/c16-11-1-2-13-12(9-11)15(17-21-13)10-3-6-18(7-4-10)8-5-14(19)20/h1-2,9-10H,3-8H2,(H,19,20). The van der Waals surface area contributed by atoms with Crippen molar-refractivity contribution in [2.45, 2.75) is 25.2 Å². The van der Waals surface area contributed by atoms with Crippen LogP contribution in [0.3, 0.4) is 0 Å². The van der Waals surface area contributed by atoms with Crippen molar-refractivity contribution in [1.29, 1.82) is 0 Å². The van der Waals surface area contributed by atoms with Crippen molar-refractivity contribution >= 4 is 16.9 Å². The maximum atomic E-state index is 13.4. The van der Waals surface area contributed by atoms with Gasteiger partial charge in [0.05, 0.1) is 12.1 Å². The molecule has 112 valence electrons. The minimum Gasteiger partial charge on any atom is -0.481 e. The van der Waals surface area contributed by atoms with Gasteiger partial charge in [0.15, 0.2) is 5.58 Å². The first-order valence-corrected chi connectivity index (χ1v) is 7.12. The maximum absolute atomic E-state index is 13.4. The Morgan fingerprint density at radius 2 is 2.19 bits per heavy atom. The summed E-state index contributed by atoms with van der Waals surface area (Å²) in [6.45, 7) is 2.25. The van der Waals surface area contributed by atoms with E-state index in [0.717, 1.165) is 37.0 Å². The summed E-state index contributed by atoms with van der Waals surface area (Å²) in [7, 11) is 0. The van der Waals surface area contributed by atoms with Gasteiger partial charge in [-0.15, -0.1) is 0 Å². The number of fused-ring (bicyclic) bond motifs is 1. The quantitative estimate of drug-likeness (QED) is 0.938. The smallest absolute Gasteiger partial charge is 0.304 e.